The average Bonchev–Trinajstić information content (AvgIpc) is 2.69. The summed E-state index contributed by atoms with van der Waals surface area (Å²) >= 11 is 0. The summed E-state index contributed by atoms with van der Waals surface area (Å²) in [5.74, 6) is -0.196. The number of fused-ring (bicyclic) bond motifs is 1. The van der Waals surface area contributed by atoms with Gasteiger partial charge >= 0.3 is 6.76 Å². The number of rotatable bonds is 3. The number of benzene rings is 3. The molecule has 5 heteroatoms. The Kier molecular flexibility index (Phi) is 4.30. The molecule has 0 saturated carbocycles. The van der Waals surface area contributed by atoms with Crippen LogP contribution in [0.1, 0.15) is 29.7 Å². The summed E-state index contributed by atoms with van der Waals surface area (Å²) in [5.41, 5.74) is 2.40. The van der Waals surface area contributed by atoms with Gasteiger partial charge in [-0.1, -0.05) is 60.2 Å². The predicted octanol–water partition coefficient (Wildman–Crippen LogP) is 4.53. The van der Waals surface area contributed by atoms with Crippen molar-refractivity contribution in [3.8, 4) is 5.75 Å². The summed E-state index contributed by atoms with van der Waals surface area (Å²) in [6.45, 7) is 0.416. The van der Waals surface area contributed by atoms with Crippen molar-refractivity contribution in [3.05, 3.63) is 95.3 Å². The van der Waals surface area contributed by atoms with Crippen molar-refractivity contribution >= 4 is 18.4 Å². The molecule has 1 heterocycles. The van der Waals surface area contributed by atoms with Crippen LogP contribution in [0, 0.1) is 12.7 Å². The Morgan fingerprint density at radius 2 is 1.67 bits per heavy atom. The van der Waals surface area contributed by atoms with Gasteiger partial charge in [0.2, 0.25) is 0 Å². The molecule has 3 aromatic carbocycles. The maximum atomic E-state index is 16.5. The van der Waals surface area contributed by atoms with Gasteiger partial charge in [-0.25, -0.2) is 4.39 Å². The summed E-state index contributed by atoms with van der Waals surface area (Å²) in [7, 11) is 0. The highest BCUT2D eigenvalue weighted by Crippen LogP contribution is 2.31. The number of halogens is 2. The minimum Gasteiger partial charge on any atom is -0.626 e. The molecule has 1 aliphatic rings. The van der Waals surface area contributed by atoms with E-state index in [1.165, 1.54) is 16.6 Å². The van der Waals surface area contributed by atoms with Gasteiger partial charge in [0.05, 0.1) is 11.3 Å². The fraction of sp³-hybridized carbons (Fsp3) is 0.136. The molecule has 0 aromatic heterocycles. The Morgan fingerprint density at radius 3 is 2.44 bits per heavy atom. The Morgan fingerprint density at radius 1 is 0.963 bits per heavy atom. The molecule has 2 nitrogen and oxygen atoms in total. The average molecular weight is 363 g/mol. The number of para-hydroxylation sites is 1. The summed E-state index contributed by atoms with van der Waals surface area (Å²) in [6.07, 6.45) is 1.73. The second-order valence-corrected chi connectivity index (χ2v) is 6.99. The molecule has 1 unspecified atom stereocenters. The summed E-state index contributed by atoms with van der Waals surface area (Å²) < 4.78 is 38.5. The van der Waals surface area contributed by atoms with Crippen LogP contribution in [-0.4, -0.2) is 17.5 Å². The van der Waals surface area contributed by atoms with E-state index in [-0.39, 0.29) is 11.5 Å². The summed E-state index contributed by atoms with van der Waals surface area (Å²) in [4.78, 5) is 0. The monoisotopic (exact) mass is 363 g/mol. The topological polar surface area (TPSA) is 12.2 Å². The van der Waals surface area contributed by atoms with Crippen molar-refractivity contribution in [2.24, 2.45) is 0 Å². The second-order valence-electron chi connectivity index (χ2n) is 6.99. The van der Waals surface area contributed by atoms with Crippen LogP contribution in [0.5, 0.6) is 5.75 Å². The third-order valence-electron chi connectivity index (χ3n) is 5.14. The summed E-state index contributed by atoms with van der Waals surface area (Å²) in [5, 5.41) is 0. The first-order valence-corrected chi connectivity index (χ1v) is 9.04. The molecular formula is C22H20BF2NO. The molecular weight excluding hydrogens is 343 g/mol. The van der Waals surface area contributed by atoms with E-state index < -0.39 is 12.6 Å². The molecule has 0 bridgehead atoms. The largest absolute Gasteiger partial charge is 0.662 e. The van der Waals surface area contributed by atoms with E-state index in [0.29, 0.717) is 5.75 Å². The van der Waals surface area contributed by atoms with E-state index in [4.69, 9.17) is 4.65 Å². The Balaban J connectivity index is 1.93. The fourth-order valence-electron chi connectivity index (χ4n) is 3.64. The lowest BCUT2D eigenvalue weighted by atomic mass is 9.63. The van der Waals surface area contributed by atoms with Gasteiger partial charge in [-0.15, -0.1) is 0 Å². The molecule has 0 radical (unpaired) electrons. The highest BCUT2D eigenvalue weighted by molar-refractivity contribution is 6.74. The van der Waals surface area contributed by atoms with Crippen LogP contribution in [0.4, 0.5) is 8.71 Å². The lowest BCUT2D eigenvalue weighted by molar-refractivity contribution is -0.465. The highest BCUT2D eigenvalue weighted by atomic mass is 19.1. The van der Waals surface area contributed by atoms with E-state index in [0.717, 1.165) is 16.7 Å². The Bertz CT molecular complexity index is 1020. The van der Waals surface area contributed by atoms with Gasteiger partial charge < -0.3 is 13.5 Å². The first-order chi connectivity index (χ1) is 13.0. The number of aryl methyl sites for hydroxylation is 1. The molecule has 1 aliphatic heterocycles. The molecule has 27 heavy (non-hydrogen) atoms. The molecule has 0 amide bonds. The van der Waals surface area contributed by atoms with E-state index in [2.05, 4.69) is 0 Å². The van der Waals surface area contributed by atoms with Crippen LogP contribution >= 0.6 is 0 Å². The smallest absolute Gasteiger partial charge is 0.626 e. The van der Waals surface area contributed by atoms with E-state index in [9.17, 15) is 4.39 Å². The van der Waals surface area contributed by atoms with Gasteiger partial charge in [-0.2, -0.15) is 0 Å². The zero-order valence-corrected chi connectivity index (χ0v) is 15.3. The lowest BCUT2D eigenvalue weighted by Gasteiger charge is -2.38. The van der Waals surface area contributed by atoms with Crippen LogP contribution in [0.25, 0.3) is 0 Å². The third kappa shape index (κ3) is 3.03. The zero-order valence-electron chi connectivity index (χ0n) is 15.3. The Labute approximate surface area is 157 Å². The molecule has 0 N–H and O–H groups in total. The minimum absolute atomic E-state index is 0.0662. The highest BCUT2D eigenvalue weighted by Gasteiger charge is 2.51. The maximum absolute atomic E-state index is 16.5. The molecule has 0 spiro atoms. The van der Waals surface area contributed by atoms with Crippen LogP contribution in [-0.2, 0) is 0 Å². The number of hydrogen-bond donors (Lipinski definition) is 0. The zero-order chi connectivity index (χ0) is 19.0. The van der Waals surface area contributed by atoms with Crippen molar-refractivity contribution in [1.29, 1.82) is 0 Å². The van der Waals surface area contributed by atoms with Crippen LogP contribution in [0.2, 0.25) is 0 Å². The maximum Gasteiger partial charge on any atom is 0.662 e. The van der Waals surface area contributed by atoms with Crippen molar-refractivity contribution in [2.45, 2.75) is 19.9 Å². The van der Waals surface area contributed by atoms with E-state index in [1.54, 1.807) is 24.4 Å². The molecule has 3 aromatic rings. The Hall–Kier alpha value is -2.95. The molecule has 0 aliphatic carbocycles. The molecule has 136 valence electrons. The quantitative estimate of drug-likeness (QED) is 0.623. The molecule has 4 rings (SSSR count). The third-order valence-corrected chi connectivity index (χ3v) is 5.14. The van der Waals surface area contributed by atoms with Crippen molar-refractivity contribution in [1.82, 2.24) is 0 Å². The van der Waals surface area contributed by atoms with E-state index >= 15 is 4.32 Å². The lowest BCUT2D eigenvalue weighted by Crippen LogP contribution is -2.63. The number of nitrogens with zero attached hydrogens (tertiary/aromatic N) is 1. The molecule has 0 fully saturated rings. The summed E-state index contributed by atoms with van der Waals surface area (Å²) in [6, 6.07) is 20.9. The van der Waals surface area contributed by atoms with E-state index in [1.807, 2.05) is 56.3 Å². The van der Waals surface area contributed by atoms with Crippen LogP contribution in [0.3, 0.4) is 0 Å². The first-order valence-electron chi connectivity index (χ1n) is 9.04. The van der Waals surface area contributed by atoms with Crippen LogP contribution in [0.15, 0.2) is 72.8 Å². The van der Waals surface area contributed by atoms with Crippen LogP contribution < -0.4 is 10.1 Å². The van der Waals surface area contributed by atoms with Gasteiger partial charge in [0, 0.05) is 5.56 Å². The normalized spacial score (nSPS) is 19.6. The van der Waals surface area contributed by atoms with Gasteiger partial charge in [0.25, 0.3) is 0 Å². The minimum atomic E-state index is -3.29. The standard InChI is InChI=1S/C22H20BF2NO/c1-16-12-13-21(24)20(14-16)23(25)26(17(2)18-8-4-3-5-9-18)15-19-10-6-7-11-22(19)27-23/h3-15,17H,1-2H3/t17-,23?/m0/s1. The predicted molar refractivity (Wildman–Crippen MR) is 105 cm³/mol. The van der Waals surface area contributed by atoms with Gasteiger partial charge in [-0.05, 0) is 37.5 Å². The van der Waals surface area contributed by atoms with Gasteiger partial charge in [-0.3, -0.25) is 0 Å². The van der Waals surface area contributed by atoms with Crippen molar-refractivity contribution < 1.29 is 17.8 Å². The second kappa shape index (κ2) is 6.65. The first kappa shape index (κ1) is 17.5. The number of hydrogen-bond acceptors (Lipinski definition) is 1. The van der Waals surface area contributed by atoms with Crippen molar-refractivity contribution in [3.63, 3.8) is 0 Å². The van der Waals surface area contributed by atoms with Crippen molar-refractivity contribution in [2.75, 3.05) is 0 Å². The molecule has 2 atom stereocenters. The molecule has 0 saturated heterocycles. The SMILES string of the molecule is Cc1ccc(F)c([B-]2(F)Oc3ccccc3C=[N+]2[C@@H](C)c2ccccc2)c1. The fourth-order valence-corrected chi connectivity index (χ4v) is 3.64. The van der Waals surface area contributed by atoms with Gasteiger partial charge in [0.1, 0.15) is 18.1 Å². The van der Waals surface area contributed by atoms with Gasteiger partial charge in [0.15, 0.2) is 0 Å².